The van der Waals surface area contributed by atoms with Crippen LogP contribution < -0.4 is 0 Å². The van der Waals surface area contributed by atoms with E-state index in [1.165, 1.54) is 47.1 Å². The normalized spacial score (nSPS) is 11.9. The highest BCUT2D eigenvalue weighted by atomic mass is 32.1. The second-order valence-electron chi connectivity index (χ2n) is 11.7. The van der Waals surface area contributed by atoms with Gasteiger partial charge in [-0.1, -0.05) is 109 Å². The van der Waals surface area contributed by atoms with Crippen LogP contribution in [-0.4, -0.2) is 19.5 Å². The summed E-state index contributed by atoms with van der Waals surface area (Å²) in [4.78, 5) is 15.6. The maximum atomic E-state index is 5.22. The number of hydrogen-bond acceptors (Lipinski definition) is 4. The topological polar surface area (TPSA) is 43.6 Å². The third kappa shape index (κ3) is 3.89. The molecule has 0 saturated heterocycles. The second kappa shape index (κ2) is 9.80. The van der Waals surface area contributed by atoms with E-state index in [0.29, 0.717) is 17.6 Å². The Hall–Kier alpha value is -5.91. The van der Waals surface area contributed by atoms with E-state index in [0.717, 1.165) is 27.5 Å². The van der Waals surface area contributed by atoms with Crippen LogP contribution in [0.4, 0.5) is 0 Å². The average molecular weight is 605 g/mol. The molecule has 3 aromatic heterocycles. The highest BCUT2D eigenvalue weighted by Crippen LogP contribution is 2.38. The Labute approximate surface area is 267 Å². The number of nitrogens with zero attached hydrogens (tertiary/aromatic N) is 4. The van der Waals surface area contributed by atoms with Gasteiger partial charge in [0.2, 0.25) is 5.95 Å². The molecular weight excluding hydrogens is 581 g/mol. The maximum Gasteiger partial charge on any atom is 0.238 e. The van der Waals surface area contributed by atoms with Gasteiger partial charge in [-0.15, -0.1) is 11.3 Å². The molecule has 7 aromatic carbocycles. The van der Waals surface area contributed by atoms with Gasteiger partial charge < -0.3 is 0 Å². The molecule has 0 atom stereocenters. The molecule has 0 aliphatic heterocycles. The zero-order valence-corrected chi connectivity index (χ0v) is 25.4. The lowest BCUT2D eigenvalue weighted by Gasteiger charge is -2.11. The third-order valence-electron chi connectivity index (χ3n) is 9.01. The molecule has 0 fully saturated rings. The Morgan fingerprint density at radius 1 is 0.391 bits per heavy atom. The van der Waals surface area contributed by atoms with Crippen LogP contribution in [0, 0.1) is 0 Å². The minimum absolute atomic E-state index is 0.603. The number of thiophene rings is 1. The number of rotatable bonds is 3. The van der Waals surface area contributed by atoms with Crippen molar-refractivity contribution in [2.45, 2.75) is 0 Å². The molecule has 0 saturated carbocycles. The fourth-order valence-corrected chi connectivity index (χ4v) is 7.93. The van der Waals surface area contributed by atoms with E-state index >= 15 is 0 Å². The Kier molecular flexibility index (Phi) is 5.41. The summed E-state index contributed by atoms with van der Waals surface area (Å²) in [5.41, 5.74) is 4.06. The van der Waals surface area contributed by atoms with Gasteiger partial charge in [0, 0.05) is 42.1 Å². The highest BCUT2D eigenvalue weighted by Gasteiger charge is 2.19. The predicted molar refractivity (Wildman–Crippen MR) is 193 cm³/mol. The summed E-state index contributed by atoms with van der Waals surface area (Å²) in [6.07, 6.45) is 0. The fraction of sp³-hybridized carbons (Fsp3) is 0. The van der Waals surface area contributed by atoms with E-state index in [1.807, 2.05) is 0 Å². The van der Waals surface area contributed by atoms with Crippen LogP contribution in [0.2, 0.25) is 0 Å². The van der Waals surface area contributed by atoms with E-state index in [9.17, 15) is 0 Å². The summed E-state index contributed by atoms with van der Waals surface area (Å²) in [6, 6.07) is 51.6. The smallest absolute Gasteiger partial charge is 0.238 e. The van der Waals surface area contributed by atoms with Crippen molar-refractivity contribution < 1.29 is 0 Å². The first-order valence-corrected chi connectivity index (χ1v) is 16.2. The van der Waals surface area contributed by atoms with Crippen LogP contribution in [0.15, 0.2) is 146 Å². The van der Waals surface area contributed by atoms with Crippen molar-refractivity contribution in [3.63, 3.8) is 0 Å². The average Bonchev–Trinajstić information content (AvgIpc) is 3.65. The standard InChI is InChI=1S/C41H24N4S/c1-2-10-26-21-29(18-17-25(26)9-1)39-42-40(30-19-20-33-32-14-6-8-16-37(32)46-38(33)24-30)44-41(43-39)45-35-15-7-5-13-31(35)34-22-27-11-3-4-12-28(27)23-36(34)45/h1-24H. The van der Waals surface area contributed by atoms with Crippen molar-refractivity contribution in [3.05, 3.63) is 146 Å². The molecular formula is C41H24N4S. The van der Waals surface area contributed by atoms with Crippen molar-refractivity contribution in [1.82, 2.24) is 19.5 Å². The van der Waals surface area contributed by atoms with E-state index in [-0.39, 0.29) is 0 Å². The molecule has 3 heterocycles. The Bertz CT molecular complexity index is 2830. The van der Waals surface area contributed by atoms with Gasteiger partial charge in [0.15, 0.2) is 11.6 Å². The van der Waals surface area contributed by atoms with Crippen LogP contribution >= 0.6 is 11.3 Å². The first-order chi connectivity index (χ1) is 22.8. The monoisotopic (exact) mass is 604 g/mol. The molecule has 0 amide bonds. The summed E-state index contributed by atoms with van der Waals surface area (Å²) in [6.45, 7) is 0. The zero-order chi connectivity index (χ0) is 30.2. The molecule has 0 radical (unpaired) electrons. The van der Waals surface area contributed by atoms with Gasteiger partial charge in [-0.05, 0) is 57.9 Å². The first kappa shape index (κ1) is 25.4. The van der Waals surface area contributed by atoms with Gasteiger partial charge in [-0.3, -0.25) is 4.57 Å². The van der Waals surface area contributed by atoms with Crippen LogP contribution in [0.1, 0.15) is 0 Å². The Balaban J connectivity index is 1.27. The van der Waals surface area contributed by atoms with Gasteiger partial charge in [-0.25, -0.2) is 4.98 Å². The summed E-state index contributed by atoms with van der Waals surface area (Å²) in [5.74, 6) is 1.90. The van der Waals surface area contributed by atoms with E-state index in [1.54, 1.807) is 11.3 Å². The predicted octanol–water partition coefficient (Wildman–Crippen LogP) is 11.0. The molecule has 0 spiro atoms. The number of fused-ring (bicyclic) bond motifs is 8. The molecule has 10 aromatic rings. The molecule has 0 bridgehead atoms. The van der Waals surface area contributed by atoms with Gasteiger partial charge in [0.25, 0.3) is 0 Å². The molecule has 10 rings (SSSR count). The van der Waals surface area contributed by atoms with Gasteiger partial charge in [-0.2, -0.15) is 9.97 Å². The van der Waals surface area contributed by atoms with E-state index < -0.39 is 0 Å². The summed E-state index contributed by atoms with van der Waals surface area (Å²) >= 11 is 1.80. The number of hydrogen-bond donors (Lipinski definition) is 0. The quantitative estimate of drug-likeness (QED) is 0.201. The van der Waals surface area contributed by atoms with Crippen molar-refractivity contribution in [3.8, 4) is 28.7 Å². The van der Waals surface area contributed by atoms with Gasteiger partial charge >= 0.3 is 0 Å². The van der Waals surface area contributed by atoms with Crippen LogP contribution in [0.25, 0.3) is 92.2 Å². The molecule has 0 aliphatic rings. The van der Waals surface area contributed by atoms with Crippen molar-refractivity contribution >= 4 is 74.9 Å². The van der Waals surface area contributed by atoms with Crippen LogP contribution in [0.5, 0.6) is 0 Å². The molecule has 214 valence electrons. The maximum absolute atomic E-state index is 5.22. The Morgan fingerprint density at radius 3 is 1.83 bits per heavy atom. The minimum Gasteiger partial charge on any atom is -0.278 e. The third-order valence-corrected chi connectivity index (χ3v) is 10.1. The minimum atomic E-state index is 0.603. The van der Waals surface area contributed by atoms with Gasteiger partial charge in [0.1, 0.15) is 0 Å². The summed E-state index contributed by atoms with van der Waals surface area (Å²) < 4.78 is 4.70. The van der Waals surface area contributed by atoms with Crippen LogP contribution in [0.3, 0.4) is 0 Å². The zero-order valence-electron chi connectivity index (χ0n) is 24.6. The summed E-state index contributed by atoms with van der Waals surface area (Å²) in [7, 11) is 0. The second-order valence-corrected chi connectivity index (χ2v) is 12.8. The van der Waals surface area contributed by atoms with Crippen molar-refractivity contribution in [2.24, 2.45) is 0 Å². The SMILES string of the molecule is c1ccc2cc(-c3nc(-c4ccc5c(c4)sc4ccccc45)nc(-n4c5ccccc5c5cc6ccccc6cc54)n3)ccc2c1. The fourth-order valence-electron chi connectivity index (χ4n) is 6.79. The lowest BCUT2D eigenvalue weighted by atomic mass is 10.1. The van der Waals surface area contributed by atoms with E-state index in [4.69, 9.17) is 15.0 Å². The van der Waals surface area contributed by atoms with Crippen LogP contribution in [-0.2, 0) is 0 Å². The number of para-hydroxylation sites is 1. The van der Waals surface area contributed by atoms with E-state index in [2.05, 4.69) is 150 Å². The lowest BCUT2D eigenvalue weighted by Crippen LogP contribution is -2.06. The number of benzene rings is 7. The largest absolute Gasteiger partial charge is 0.278 e. The molecule has 46 heavy (non-hydrogen) atoms. The molecule has 5 heteroatoms. The highest BCUT2D eigenvalue weighted by molar-refractivity contribution is 7.25. The number of aromatic nitrogens is 4. The molecule has 0 N–H and O–H groups in total. The Morgan fingerprint density at radius 2 is 1.00 bits per heavy atom. The molecule has 0 unspecified atom stereocenters. The lowest BCUT2D eigenvalue weighted by molar-refractivity contribution is 0.954. The summed E-state index contributed by atoms with van der Waals surface area (Å²) in [5, 5.41) is 9.60. The first-order valence-electron chi connectivity index (χ1n) is 15.4. The molecule has 0 aliphatic carbocycles. The van der Waals surface area contributed by atoms with Crippen molar-refractivity contribution in [2.75, 3.05) is 0 Å². The molecule has 4 nitrogen and oxygen atoms in total. The van der Waals surface area contributed by atoms with Crippen molar-refractivity contribution in [1.29, 1.82) is 0 Å². The van der Waals surface area contributed by atoms with Gasteiger partial charge in [0.05, 0.1) is 11.0 Å².